The monoisotopic (exact) mass is 218 g/mol. The number of hydrogen-bond acceptors (Lipinski definition) is 3. The lowest BCUT2D eigenvalue weighted by Gasteiger charge is -2.27. The van der Waals surface area contributed by atoms with Gasteiger partial charge in [0.25, 0.3) is 0 Å². The van der Waals surface area contributed by atoms with Crippen molar-refractivity contribution in [1.82, 2.24) is 5.01 Å². The van der Waals surface area contributed by atoms with Gasteiger partial charge in [-0.25, -0.2) is 10.0 Å². The summed E-state index contributed by atoms with van der Waals surface area (Å²) in [5, 5.41) is 3.59. The molecular weight excluding hydrogens is 204 g/mol. The van der Waals surface area contributed by atoms with Crippen molar-refractivity contribution < 1.29 is 9.59 Å². The molecule has 1 saturated heterocycles. The summed E-state index contributed by atoms with van der Waals surface area (Å²) in [6.45, 7) is 1.30. The van der Waals surface area contributed by atoms with Crippen molar-refractivity contribution in [3.8, 4) is 0 Å². The summed E-state index contributed by atoms with van der Waals surface area (Å²) in [4.78, 5) is 22.1. The first-order valence-electron chi connectivity index (χ1n) is 5.39. The minimum atomic E-state index is 0.0945. The fourth-order valence-electron chi connectivity index (χ4n) is 1.88. The van der Waals surface area contributed by atoms with E-state index in [9.17, 15) is 9.59 Å². The van der Waals surface area contributed by atoms with Crippen molar-refractivity contribution in [3.63, 3.8) is 0 Å². The molecule has 1 aliphatic heterocycles. The van der Waals surface area contributed by atoms with Crippen molar-refractivity contribution in [2.45, 2.75) is 12.8 Å². The second-order valence-electron chi connectivity index (χ2n) is 3.70. The number of nitrogens with zero attached hydrogens (tertiary/aromatic N) is 2. The summed E-state index contributed by atoms with van der Waals surface area (Å²) in [6, 6.07) is 9.52. The van der Waals surface area contributed by atoms with Gasteiger partial charge in [0.2, 0.25) is 5.91 Å². The molecule has 4 nitrogen and oxygen atoms in total. The zero-order valence-corrected chi connectivity index (χ0v) is 9.00. The fraction of sp³-hybridized carbons (Fsp3) is 0.333. The maximum Gasteiger partial charge on any atom is 0.242 e. The number of rotatable bonds is 4. The quantitative estimate of drug-likeness (QED) is 0.714. The van der Waals surface area contributed by atoms with Crippen LogP contribution in [0.25, 0.3) is 0 Å². The lowest BCUT2D eigenvalue weighted by molar-refractivity contribution is -0.118. The Morgan fingerprint density at radius 3 is 2.69 bits per heavy atom. The Hall–Kier alpha value is -1.68. The number of anilines is 1. The van der Waals surface area contributed by atoms with Crippen LogP contribution in [-0.2, 0) is 9.59 Å². The zero-order chi connectivity index (χ0) is 11.4. The molecule has 0 saturated carbocycles. The largest absolute Gasteiger partial charge is 0.303 e. The summed E-state index contributed by atoms with van der Waals surface area (Å²) in [7, 11) is 0. The molecule has 0 bridgehead atoms. The SMILES string of the molecule is O=CCCN1CCC(=O)N1c1ccccc1. The molecule has 2 rings (SSSR count). The van der Waals surface area contributed by atoms with E-state index in [2.05, 4.69) is 0 Å². The Kier molecular flexibility index (Phi) is 3.31. The molecule has 1 heterocycles. The van der Waals surface area contributed by atoms with Gasteiger partial charge >= 0.3 is 0 Å². The summed E-state index contributed by atoms with van der Waals surface area (Å²) in [5.74, 6) is 0.0945. The Morgan fingerprint density at radius 2 is 2.00 bits per heavy atom. The average Bonchev–Trinajstić information content (AvgIpc) is 2.69. The van der Waals surface area contributed by atoms with Crippen LogP contribution in [0.4, 0.5) is 5.69 Å². The minimum Gasteiger partial charge on any atom is -0.303 e. The Bertz CT molecular complexity index is 378. The van der Waals surface area contributed by atoms with E-state index >= 15 is 0 Å². The molecular formula is C12H14N2O2. The summed E-state index contributed by atoms with van der Waals surface area (Å²) < 4.78 is 0. The minimum absolute atomic E-state index is 0.0945. The van der Waals surface area contributed by atoms with E-state index in [-0.39, 0.29) is 5.91 Å². The lowest BCUT2D eigenvalue weighted by atomic mass is 10.3. The maximum absolute atomic E-state index is 11.7. The van der Waals surface area contributed by atoms with E-state index in [0.717, 1.165) is 12.0 Å². The molecule has 0 spiro atoms. The first-order chi connectivity index (χ1) is 7.83. The first kappa shape index (κ1) is 10.8. The third kappa shape index (κ3) is 2.12. The maximum atomic E-state index is 11.7. The normalized spacial score (nSPS) is 16.8. The van der Waals surface area contributed by atoms with Crippen LogP contribution in [0, 0.1) is 0 Å². The number of hydrazine groups is 1. The molecule has 1 fully saturated rings. The third-order valence-electron chi connectivity index (χ3n) is 2.61. The molecule has 1 aromatic carbocycles. The molecule has 0 atom stereocenters. The molecule has 1 aromatic rings. The van der Waals surface area contributed by atoms with Crippen LogP contribution in [0.3, 0.4) is 0 Å². The van der Waals surface area contributed by atoms with Crippen LogP contribution in [0.1, 0.15) is 12.8 Å². The van der Waals surface area contributed by atoms with Crippen molar-refractivity contribution in [2.75, 3.05) is 18.1 Å². The van der Waals surface area contributed by atoms with Crippen molar-refractivity contribution in [2.24, 2.45) is 0 Å². The molecule has 1 amide bonds. The second kappa shape index (κ2) is 4.90. The molecule has 0 unspecified atom stereocenters. The smallest absolute Gasteiger partial charge is 0.242 e. The average molecular weight is 218 g/mol. The highest BCUT2D eigenvalue weighted by atomic mass is 16.2. The number of carbonyl (C=O) groups is 2. The number of benzene rings is 1. The van der Waals surface area contributed by atoms with Crippen LogP contribution in [-0.4, -0.2) is 30.3 Å². The van der Waals surface area contributed by atoms with Gasteiger partial charge in [-0.05, 0) is 12.1 Å². The number of hydrogen-bond donors (Lipinski definition) is 0. The number of amides is 1. The molecule has 4 heteroatoms. The standard InChI is InChI=1S/C12H14N2O2/c15-10-4-8-13-9-7-12(16)14(13)11-5-2-1-3-6-11/h1-3,5-6,10H,4,7-9H2. The highest BCUT2D eigenvalue weighted by molar-refractivity contribution is 5.94. The van der Waals surface area contributed by atoms with Crippen LogP contribution in [0.2, 0.25) is 0 Å². The van der Waals surface area contributed by atoms with E-state index < -0.39 is 0 Å². The van der Waals surface area contributed by atoms with E-state index in [0.29, 0.717) is 25.9 Å². The van der Waals surface area contributed by atoms with Crippen LogP contribution < -0.4 is 5.01 Å². The van der Waals surface area contributed by atoms with Crippen LogP contribution in [0.15, 0.2) is 30.3 Å². The topological polar surface area (TPSA) is 40.6 Å². The summed E-state index contributed by atoms with van der Waals surface area (Å²) >= 11 is 0. The zero-order valence-electron chi connectivity index (χ0n) is 9.00. The molecule has 0 radical (unpaired) electrons. The van der Waals surface area contributed by atoms with Gasteiger partial charge in [0.1, 0.15) is 6.29 Å². The predicted molar refractivity (Wildman–Crippen MR) is 60.8 cm³/mol. The number of aldehydes is 1. The van der Waals surface area contributed by atoms with E-state index in [4.69, 9.17) is 0 Å². The van der Waals surface area contributed by atoms with E-state index in [1.807, 2.05) is 35.3 Å². The molecule has 0 aliphatic carbocycles. The molecule has 84 valence electrons. The summed E-state index contributed by atoms with van der Waals surface area (Å²) in [5.41, 5.74) is 0.871. The van der Waals surface area contributed by atoms with Crippen molar-refractivity contribution in [3.05, 3.63) is 30.3 Å². The van der Waals surface area contributed by atoms with Gasteiger partial charge in [-0.15, -0.1) is 0 Å². The lowest BCUT2D eigenvalue weighted by Crippen LogP contribution is -2.39. The Balaban J connectivity index is 2.16. The van der Waals surface area contributed by atoms with Crippen molar-refractivity contribution in [1.29, 1.82) is 0 Å². The van der Waals surface area contributed by atoms with Gasteiger partial charge in [0, 0.05) is 25.9 Å². The van der Waals surface area contributed by atoms with Gasteiger partial charge < -0.3 is 4.79 Å². The Morgan fingerprint density at radius 1 is 1.25 bits per heavy atom. The molecule has 0 N–H and O–H groups in total. The number of carbonyl (C=O) groups excluding carboxylic acids is 2. The Labute approximate surface area is 94.4 Å². The van der Waals surface area contributed by atoms with Gasteiger partial charge in [0.15, 0.2) is 0 Å². The van der Waals surface area contributed by atoms with Gasteiger partial charge in [0.05, 0.1) is 5.69 Å². The fourth-order valence-corrected chi connectivity index (χ4v) is 1.88. The van der Waals surface area contributed by atoms with Crippen molar-refractivity contribution >= 4 is 17.9 Å². The molecule has 1 aliphatic rings. The van der Waals surface area contributed by atoms with Crippen LogP contribution in [0.5, 0.6) is 0 Å². The van der Waals surface area contributed by atoms with Crippen LogP contribution >= 0.6 is 0 Å². The van der Waals surface area contributed by atoms with E-state index in [1.165, 1.54) is 0 Å². The van der Waals surface area contributed by atoms with Gasteiger partial charge in [-0.2, -0.15) is 0 Å². The second-order valence-corrected chi connectivity index (χ2v) is 3.70. The molecule has 0 aromatic heterocycles. The highest BCUT2D eigenvalue weighted by Gasteiger charge is 2.29. The van der Waals surface area contributed by atoms with Gasteiger partial charge in [-0.1, -0.05) is 18.2 Å². The molecule has 16 heavy (non-hydrogen) atoms. The third-order valence-corrected chi connectivity index (χ3v) is 2.61. The highest BCUT2D eigenvalue weighted by Crippen LogP contribution is 2.22. The summed E-state index contributed by atoms with van der Waals surface area (Å²) in [6.07, 6.45) is 1.86. The predicted octanol–water partition coefficient (Wildman–Crippen LogP) is 1.23. The number of para-hydroxylation sites is 1. The van der Waals surface area contributed by atoms with E-state index in [1.54, 1.807) is 5.01 Å². The van der Waals surface area contributed by atoms with Gasteiger partial charge in [-0.3, -0.25) is 4.79 Å². The first-order valence-corrected chi connectivity index (χ1v) is 5.39.